The van der Waals surface area contributed by atoms with Crippen molar-refractivity contribution >= 4 is 40.1 Å². The highest BCUT2D eigenvalue weighted by atomic mass is 19.1. The minimum atomic E-state index is -0.515. The van der Waals surface area contributed by atoms with Gasteiger partial charge in [0.1, 0.15) is 29.2 Å². The van der Waals surface area contributed by atoms with Crippen LogP contribution in [0.25, 0.3) is 16.9 Å². The third kappa shape index (κ3) is 5.73. The summed E-state index contributed by atoms with van der Waals surface area (Å²) >= 11 is 0. The van der Waals surface area contributed by atoms with E-state index in [0.29, 0.717) is 36.8 Å². The van der Waals surface area contributed by atoms with Crippen LogP contribution in [0.1, 0.15) is 0 Å². The second kappa shape index (κ2) is 11.3. The molecule has 1 aliphatic rings. The summed E-state index contributed by atoms with van der Waals surface area (Å²) in [4.78, 5) is 45.1. The Balaban J connectivity index is 1.40. The Morgan fingerprint density at radius 3 is 2.69 bits per heavy atom. The summed E-state index contributed by atoms with van der Waals surface area (Å²) in [5, 5.41) is 14.9. The summed E-state index contributed by atoms with van der Waals surface area (Å²) in [6, 6.07) is 9.77. The van der Waals surface area contributed by atoms with E-state index in [1.165, 1.54) is 23.2 Å². The molecule has 0 radical (unpaired) electrons. The van der Waals surface area contributed by atoms with Crippen molar-refractivity contribution in [1.29, 1.82) is 0 Å². The summed E-state index contributed by atoms with van der Waals surface area (Å²) in [6.07, 6.45) is 3.76. The third-order valence-electron chi connectivity index (χ3n) is 6.27. The van der Waals surface area contributed by atoms with Gasteiger partial charge in [0, 0.05) is 44.6 Å². The number of carbonyl (C=O) groups excluding carboxylic acids is 1. The fourth-order valence-corrected chi connectivity index (χ4v) is 4.30. The van der Waals surface area contributed by atoms with Crippen molar-refractivity contribution in [2.24, 2.45) is 0 Å². The van der Waals surface area contributed by atoms with Gasteiger partial charge in [-0.2, -0.15) is 9.97 Å². The van der Waals surface area contributed by atoms with Crippen molar-refractivity contribution in [1.82, 2.24) is 29.4 Å². The van der Waals surface area contributed by atoms with Gasteiger partial charge in [-0.25, -0.2) is 14.4 Å². The lowest BCUT2D eigenvalue weighted by atomic mass is 10.2. The largest absolute Gasteiger partial charge is 0.395 e. The van der Waals surface area contributed by atoms with Crippen molar-refractivity contribution in [3.63, 3.8) is 0 Å². The van der Waals surface area contributed by atoms with Gasteiger partial charge in [-0.05, 0) is 36.4 Å². The molecule has 0 aliphatic carbocycles. The van der Waals surface area contributed by atoms with Crippen LogP contribution in [-0.4, -0.2) is 79.7 Å². The second-order valence-electron chi connectivity index (χ2n) is 8.77. The van der Waals surface area contributed by atoms with Crippen LogP contribution >= 0.6 is 0 Å². The van der Waals surface area contributed by atoms with Gasteiger partial charge in [-0.1, -0.05) is 12.6 Å². The molecule has 1 amide bonds. The maximum atomic E-state index is 15.1. The highest BCUT2D eigenvalue weighted by Gasteiger charge is 2.19. The number of nitrogens with zero attached hydrogens (tertiary/aromatic N) is 7. The molecule has 13 heteroatoms. The van der Waals surface area contributed by atoms with Crippen LogP contribution in [0.15, 0.2) is 66.4 Å². The summed E-state index contributed by atoms with van der Waals surface area (Å²) in [5.74, 6) is -0.0306. The number of hydrogen-bond acceptors (Lipinski definition) is 10. The molecule has 5 rings (SSSR count). The Morgan fingerprint density at radius 1 is 1.13 bits per heavy atom. The highest BCUT2D eigenvalue weighted by Crippen LogP contribution is 2.26. The molecule has 1 aliphatic heterocycles. The van der Waals surface area contributed by atoms with Crippen molar-refractivity contribution in [2.45, 2.75) is 0 Å². The summed E-state index contributed by atoms with van der Waals surface area (Å²) in [6.45, 7) is 6.97. The molecule has 0 atom stereocenters. The molecule has 200 valence electrons. The summed E-state index contributed by atoms with van der Waals surface area (Å²) < 4.78 is 16.5. The van der Waals surface area contributed by atoms with Gasteiger partial charge < -0.3 is 20.6 Å². The number of anilines is 4. The number of aliphatic hydroxyl groups excluding tert-OH is 1. The highest BCUT2D eigenvalue weighted by molar-refractivity contribution is 5.98. The van der Waals surface area contributed by atoms with Gasteiger partial charge in [0.2, 0.25) is 11.9 Å². The SMILES string of the molecule is C=CC(=O)Nc1cccc(-n2cnc(=O)c3cnc(Nc4ccc(N5CCN(CCO)CC5)c(F)c4)nc32)n1. The molecule has 1 saturated heterocycles. The molecule has 39 heavy (non-hydrogen) atoms. The molecule has 12 nitrogen and oxygen atoms in total. The lowest BCUT2D eigenvalue weighted by Gasteiger charge is -2.36. The molecule has 4 heterocycles. The van der Waals surface area contributed by atoms with Crippen molar-refractivity contribution in [3.8, 4) is 5.82 Å². The van der Waals surface area contributed by atoms with Gasteiger partial charge in [0.05, 0.1) is 12.3 Å². The first-order chi connectivity index (χ1) is 18.9. The molecule has 3 aromatic heterocycles. The molecule has 0 spiro atoms. The zero-order chi connectivity index (χ0) is 27.4. The molecule has 1 aromatic carbocycles. The predicted octanol–water partition coefficient (Wildman–Crippen LogP) is 1.69. The van der Waals surface area contributed by atoms with Gasteiger partial charge in [-0.3, -0.25) is 19.1 Å². The molecule has 3 N–H and O–H groups in total. The third-order valence-corrected chi connectivity index (χ3v) is 6.27. The van der Waals surface area contributed by atoms with E-state index in [1.54, 1.807) is 30.3 Å². The van der Waals surface area contributed by atoms with E-state index in [-0.39, 0.29) is 35.2 Å². The number of aliphatic hydroxyl groups is 1. The number of aromatic nitrogens is 5. The number of halogens is 1. The second-order valence-corrected chi connectivity index (χ2v) is 8.77. The molecular weight excluding hydrogens is 505 g/mol. The van der Waals surface area contributed by atoms with Gasteiger partial charge in [0.15, 0.2) is 5.65 Å². The molecular formula is C26H26FN9O3. The number of rotatable bonds is 8. The maximum absolute atomic E-state index is 15.1. The standard InChI is InChI=1S/C26H26FN9O3/c1-2-23(38)32-21-4-3-5-22(31-21)36-16-29-25(39)18-15-28-26(33-24(18)36)30-17-6-7-20(19(27)14-17)35-10-8-34(9-11-35)12-13-37/h2-7,14-16,37H,1,8-13H2,(H,28,30,33)(H,31,32,38). The number of hydrogen-bond donors (Lipinski definition) is 3. The van der Waals surface area contributed by atoms with Crippen LogP contribution < -0.4 is 21.1 Å². The number of benzene rings is 1. The Hall–Kier alpha value is -4.75. The summed E-state index contributed by atoms with van der Waals surface area (Å²) in [5.41, 5.74) is 0.645. The predicted molar refractivity (Wildman–Crippen MR) is 145 cm³/mol. The van der Waals surface area contributed by atoms with Crippen LogP contribution in [-0.2, 0) is 4.79 Å². The number of pyridine rings is 1. The van der Waals surface area contributed by atoms with E-state index >= 15 is 4.39 Å². The van der Waals surface area contributed by atoms with Crippen LogP contribution in [0.5, 0.6) is 0 Å². The Kier molecular flexibility index (Phi) is 7.52. The lowest BCUT2D eigenvalue weighted by molar-refractivity contribution is -0.111. The van der Waals surface area contributed by atoms with Crippen LogP contribution in [0.3, 0.4) is 0 Å². The number of carbonyl (C=O) groups is 1. The van der Waals surface area contributed by atoms with E-state index in [0.717, 1.165) is 19.2 Å². The average molecular weight is 532 g/mol. The maximum Gasteiger partial charge on any atom is 0.283 e. The number of fused-ring (bicyclic) bond motifs is 1. The first-order valence-corrected chi connectivity index (χ1v) is 12.2. The zero-order valence-electron chi connectivity index (χ0n) is 20.9. The number of β-amino-alcohol motifs (C(OH)–C–C–N with tert-alkyl or cyclic N) is 1. The van der Waals surface area contributed by atoms with Crippen molar-refractivity contribution in [3.05, 3.63) is 77.7 Å². The monoisotopic (exact) mass is 531 g/mol. The summed E-state index contributed by atoms with van der Waals surface area (Å²) in [7, 11) is 0. The Morgan fingerprint density at radius 2 is 1.95 bits per heavy atom. The average Bonchev–Trinajstić information content (AvgIpc) is 2.94. The van der Waals surface area contributed by atoms with E-state index in [1.807, 2.05) is 4.90 Å². The van der Waals surface area contributed by atoms with E-state index < -0.39 is 11.5 Å². The smallest absolute Gasteiger partial charge is 0.283 e. The van der Waals surface area contributed by atoms with E-state index in [2.05, 4.69) is 42.0 Å². The topological polar surface area (TPSA) is 141 Å². The van der Waals surface area contributed by atoms with E-state index in [9.17, 15) is 9.59 Å². The first-order valence-electron chi connectivity index (χ1n) is 12.2. The van der Waals surface area contributed by atoms with Gasteiger partial charge >= 0.3 is 0 Å². The Bertz CT molecular complexity index is 1580. The fourth-order valence-electron chi connectivity index (χ4n) is 4.30. The van der Waals surface area contributed by atoms with Crippen molar-refractivity contribution in [2.75, 3.05) is 54.9 Å². The van der Waals surface area contributed by atoms with Crippen LogP contribution in [0.4, 0.5) is 27.5 Å². The first kappa shape index (κ1) is 25.9. The normalized spacial score (nSPS) is 13.8. The minimum absolute atomic E-state index is 0.106. The Labute approximate surface area is 222 Å². The number of amides is 1. The fraction of sp³-hybridized carbons (Fsp3) is 0.231. The van der Waals surface area contributed by atoms with Crippen LogP contribution in [0.2, 0.25) is 0 Å². The van der Waals surface area contributed by atoms with Gasteiger partial charge in [0.25, 0.3) is 5.56 Å². The molecule has 1 fully saturated rings. The quantitative estimate of drug-likeness (QED) is 0.288. The van der Waals surface area contributed by atoms with E-state index in [4.69, 9.17) is 5.11 Å². The number of nitrogens with one attached hydrogen (secondary N) is 2. The molecule has 0 unspecified atom stereocenters. The van der Waals surface area contributed by atoms with Crippen molar-refractivity contribution < 1.29 is 14.3 Å². The van der Waals surface area contributed by atoms with Gasteiger partial charge in [-0.15, -0.1) is 0 Å². The zero-order valence-corrected chi connectivity index (χ0v) is 20.9. The minimum Gasteiger partial charge on any atom is -0.395 e. The van der Waals surface area contributed by atoms with Crippen LogP contribution in [0, 0.1) is 5.82 Å². The molecule has 4 aromatic rings. The number of piperazine rings is 1. The lowest BCUT2D eigenvalue weighted by Crippen LogP contribution is -2.47. The molecule has 0 saturated carbocycles. The molecule has 0 bridgehead atoms.